The van der Waals surface area contributed by atoms with E-state index >= 15 is 0 Å². The molecule has 1 atom stereocenters. The van der Waals surface area contributed by atoms with Crippen molar-refractivity contribution in [3.63, 3.8) is 0 Å². The van der Waals surface area contributed by atoms with E-state index < -0.39 is 6.10 Å². The third kappa shape index (κ3) is 5.95. The fraction of sp³-hybridized carbons (Fsp3) is 0.240. The van der Waals surface area contributed by atoms with Gasteiger partial charge in [0.2, 0.25) is 0 Å². The lowest BCUT2D eigenvalue weighted by Crippen LogP contribution is -2.40. The Kier molecular flexibility index (Phi) is 8.08. The Balaban J connectivity index is 1.87. The molecule has 0 radical (unpaired) electrons. The van der Waals surface area contributed by atoms with Crippen LogP contribution in [0.25, 0.3) is 0 Å². The van der Waals surface area contributed by atoms with Gasteiger partial charge in [0.25, 0.3) is 5.91 Å². The van der Waals surface area contributed by atoms with Gasteiger partial charge in [-0.05, 0) is 37.4 Å². The van der Waals surface area contributed by atoms with E-state index in [0.717, 1.165) is 16.3 Å². The molecule has 1 unspecified atom stereocenters. The Hall–Kier alpha value is -2.60. The summed E-state index contributed by atoms with van der Waals surface area (Å²) >= 11 is 1.70. The summed E-state index contributed by atoms with van der Waals surface area (Å²) in [4.78, 5) is 18.1. The van der Waals surface area contributed by atoms with Crippen LogP contribution in [0, 0.1) is 0 Å². The molecule has 0 saturated carbocycles. The van der Waals surface area contributed by atoms with Crippen molar-refractivity contribution in [2.24, 2.45) is 0 Å². The van der Waals surface area contributed by atoms with E-state index in [1.165, 1.54) is 5.56 Å². The normalized spacial score (nSPS) is 12.0. The van der Waals surface area contributed by atoms with Crippen molar-refractivity contribution in [3.8, 4) is 0 Å². The molecule has 156 valence electrons. The van der Waals surface area contributed by atoms with Gasteiger partial charge >= 0.3 is 0 Å². The average molecular weight is 421 g/mol. The molecule has 5 heteroatoms. The largest absolute Gasteiger partial charge is 0.378 e. The molecule has 0 aliphatic rings. The Morgan fingerprint density at radius 3 is 2.13 bits per heavy atom. The quantitative estimate of drug-likeness (QED) is 0.514. The van der Waals surface area contributed by atoms with E-state index in [1.807, 2.05) is 79.7 Å². The lowest BCUT2D eigenvalue weighted by molar-refractivity contribution is -0.127. The van der Waals surface area contributed by atoms with Gasteiger partial charge in [-0.25, -0.2) is 0 Å². The van der Waals surface area contributed by atoms with Crippen LogP contribution in [0.2, 0.25) is 0 Å². The van der Waals surface area contributed by atoms with Crippen molar-refractivity contribution in [2.45, 2.75) is 16.8 Å². The molecule has 30 heavy (non-hydrogen) atoms. The molecule has 0 fully saturated rings. The predicted octanol–water partition coefficient (Wildman–Crippen LogP) is 4.61. The van der Waals surface area contributed by atoms with Gasteiger partial charge in [-0.3, -0.25) is 4.79 Å². The molecular formula is C25H28N2O2S. The molecule has 0 bridgehead atoms. The fourth-order valence-electron chi connectivity index (χ4n) is 3.11. The van der Waals surface area contributed by atoms with Crippen LogP contribution < -0.4 is 4.90 Å². The van der Waals surface area contributed by atoms with Crippen molar-refractivity contribution in [3.05, 3.63) is 96.1 Å². The summed E-state index contributed by atoms with van der Waals surface area (Å²) in [7, 11) is 3.96. The number of hydrogen-bond donors (Lipinski definition) is 1. The SMILES string of the molecule is CN(C)CCN(C(=O)C(O)c1ccccc1)c1ccccc1SCc1ccccc1. The number of carbonyl (C=O) groups is 1. The molecule has 0 spiro atoms. The Morgan fingerprint density at radius 2 is 1.47 bits per heavy atom. The zero-order valence-corrected chi connectivity index (χ0v) is 18.3. The van der Waals surface area contributed by atoms with Gasteiger partial charge in [0, 0.05) is 23.7 Å². The van der Waals surface area contributed by atoms with Crippen LogP contribution in [-0.2, 0) is 10.5 Å². The minimum atomic E-state index is -1.19. The van der Waals surface area contributed by atoms with Crippen LogP contribution in [0.15, 0.2) is 89.8 Å². The Labute approximate surface area is 183 Å². The van der Waals surface area contributed by atoms with Crippen LogP contribution >= 0.6 is 11.8 Å². The van der Waals surface area contributed by atoms with Gasteiger partial charge in [0.15, 0.2) is 6.10 Å². The molecule has 3 rings (SSSR count). The molecule has 3 aromatic carbocycles. The first-order valence-electron chi connectivity index (χ1n) is 10.0. The Morgan fingerprint density at radius 1 is 0.867 bits per heavy atom. The highest BCUT2D eigenvalue weighted by Gasteiger charge is 2.26. The maximum atomic E-state index is 13.3. The molecule has 0 saturated heterocycles. The molecule has 0 heterocycles. The van der Waals surface area contributed by atoms with E-state index in [9.17, 15) is 9.90 Å². The number of hydrogen-bond acceptors (Lipinski definition) is 4. The highest BCUT2D eigenvalue weighted by Crippen LogP contribution is 2.33. The topological polar surface area (TPSA) is 43.8 Å². The van der Waals surface area contributed by atoms with Gasteiger partial charge in [-0.15, -0.1) is 11.8 Å². The average Bonchev–Trinajstić information content (AvgIpc) is 2.79. The minimum Gasteiger partial charge on any atom is -0.378 e. The van der Waals surface area contributed by atoms with Crippen LogP contribution in [0.5, 0.6) is 0 Å². The number of rotatable bonds is 9. The molecule has 0 aromatic heterocycles. The zero-order valence-electron chi connectivity index (χ0n) is 17.4. The number of carbonyl (C=O) groups excluding carboxylic acids is 1. The number of likely N-dealkylation sites (N-methyl/N-ethyl adjacent to an activating group) is 1. The van der Waals surface area contributed by atoms with Gasteiger partial charge in [-0.1, -0.05) is 72.8 Å². The highest BCUT2D eigenvalue weighted by molar-refractivity contribution is 7.98. The number of thioether (sulfide) groups is 1. The molecule has 4 nitrogen and oxygen atoms in total. The minimum absolute atomic E-state index is 0.309. The van der Waals surface area contributed by atoms with Gasteiger partial charge in [0.1, 0.15) is 0 Å². The molecule has 0 aliphatic carbocycles. The Bertz CT molecular complexity index is 932. The van der Waals surface area contributed by atoms with Gasteiger partial charge in [-0.2, -0.15) is 0 Å². The smallest absolute Gasteiger partial charge is 0.260 e. The number of aliphatic hydroxyl groups excluding tert-OH is 1. The highest BCUT2D eigenvalue weighted by atomic mass is 32.2. The predicted molar refractivity (Wildman–Crippen MR) is 125 cm³/mol. The van der Waals surface area contributed by atoms with Gasteiger partial charge in [0.05, 0.1) is 5.69 Å². The van der Waals surface area contributed by atoms with Crippen LogP contribution in [-0.4, -0.2) is 43.1 Å². The van der Waals surface area contributed by atoms with Crippen molar-refractivity contribution < 1.29 is 9.90 Å². The summed E-state index contributed by atoms with van der Waals surface area (Å²) in [6, 6.07) is 27.3. The summed E-state index contributed by atoms with van der Waals surface area (Å²) in [5, 5.41) is 10.8. The molecule has 3 aromatic rings. The summed E-state index contributed by atoms with van der Waals surface area (Å²) in [6.07, 6.45) is -1.19. The lowest BCUT2D eigenvalue weighted by atomic mass is 10.1. The van der Waals surface area contributed by atoms with E-state index in [1.54, 1.807) is 28.8 Å². The maximum absolute atomic E-state index is 13.3. The van der Waals surface area contributed by atoms with E-state index in [0.29, 0.717) is 18.7 Å². The van der Waals surface area contributed by atoms with Crippen molar-refractivity contribution >= 4 is 23.4 Å². The second-order valence-electron chi connectivity index (χ2n) is 7.35. The molecular weight excluding hydrogens is 392 g/mol. The van der Waals surface area contributed by atoms with Crippen LogP contribution in [0.4, 0.5) is 5.69 Å². The number of amides is 1. The summed E-state index contributed by atoms with van der Waals surface area (Å²) in [5.41, 5.74) is 2.67. The van der Waals surface area contributed by atoms with Gasteiger partial charge < -0.3 is 14.9 Å². The zero-order chi connectivity index (χ0) is 21.3. The summed E-state index contributed by atoms with van der Waals surface area (Å²) in [5.74, 6) is 0.505. The first kappa shape index (κ1) is 22.1. The van der Waals surface area contributed by atoms with E-state index in [-0.39, 0.29) is 5.91 Å². The molecule has 0 aliphatic heterocycles. The summed E-state index contributed by atoms with van der Waals surface area (Å²) in [6.45, 7) is 1.20. The summed E-state index contributed by atoms with van der Waals surface area (Å²) < 4.78 is 0. The standard InChI is InChI=1S/C25H28N2O2S/c1-26(2)17-18-27(25(29)24(28)21-13-7-4-8-14-21)22-15-9-10-16-23(22)30-19-20-11-5-3-6-12-20/h3-16,24,28H,17-19H2,1-2H3. The molecule has 1 amide bonds. The first-order chi connectivity index (χ1) is 14.6. The maximum Gasteiger partial charge on any atom is 0.260 e. The van der Waals surface area contributed by atoms with Crippen molar-refractivity contribution in [1.29, 1.82) is 0 Å². The number of aliphatic hydroxyl groups is 1. The van der Waals surface area contributed by atoms with E-state index in [2.05, 4.69) is 12.1 Å². The number of benzene rings is 3. The monoisotopic (exact) mass is 420 g/mol. The number of para-hydroxylation sites is 1. The molecule has 1 N–H and O–H groups in total. The van der Waals surface area contributed by atoms with E-state index in [4.69, 9.17) is 0 Å². The van der Waals surface area contributed by atoms with Crippen LogP contribution in [0.3, 0.4) is 0 Å². The second-order valence-corrected chi connectivity index (χ2v) is 8.37. The number of anilines is 1. The lowest BCUT2D eigenvalue weighted by Gasteiger charge is -2.28. The number of nitrogens with zero attached hydrogens (tertiary/aromatic N) is 2. The third-order valence-electron chi connectivity index (χ3n) is 4.78. The first-order valence-corrected chi connectivity index (χ1v) is 11.0. The fourth-order valence-corrected chi connectivity index (χ4v) is 4.13. The van der Waals surface area contributed by atoms with Crippen molar-refractivity contribution in [2.75, 3.05) is 32.1 Å². The van der Waals surface area contributed by atoms with Crippen molar-refractivity contribution in [1.82, 2.24) is 4.90 Å². The van der Waals surface area contributed by atoms with Crippen LogP contribution in [0.1, 0.15) is 17.2 Å². The third-order valence-corrected chi connectivity index (χ3v) is 5.91. The second kappa shape index (κ2) is 11.0.